The number of hydrogen-bond acceptors (Lipinski definition) is 7. The molecule has 0 unspecified atom stereocenters. The van der Waals surface area contributed by atoms with Gasteiger partial charge >= 0.3 is 5.97 Å². The van der Waals surface area contributed by atoms with Gasteiger partial charge in [0.05, 0.1) is 12.2 Å². The molecule has 0 spiro atoms. The van der Waals surface area contributed by atoms with Crippen molar-refractivity contribution < 1.29 is 23.1 Å². The summed E-state index contributed by atoms with van der Waals surface area (Å²) >= 11 is 1.20. The number of ether oxygens (including phenoxy) is 1. The molecule has 0 fully saturated rings. The summed E-state index contributed by atoms with van der Waals surface area (Å²) in [5, 5.41) is 6.72. The number of thiophene rings is 1. The van der Waals surface area contributed by atoms with E-state index in [0.29, 0.717) is 11.3 Å². The Morgan fingerprint density at radius 2 is 2.00 bits per heavy atom. The summed E-state index contributed by atoms with van der Waals surface area (Å²) in [6.45, 7) is 6.97. The first kappa shape index (κ1) is 19.8. The molecule has 28 heavy (non-hydrogen) atoms. The predicted octanol–water partition coefficient (Wildman–Crippen LogP) is 3.48. The van der Waals surface area contributed by atoms with Crippen LogP contribution < -0.4 is 5.32 Å². The molecule has 0 atom stereocenters. The summed E-state index contributed by atoms with van der Waals surface area (Å²) < 4.78 is 32.3. The SMILES string of the molecule is CCOC(=O)c1c(NC(=O)c2nc3nc(C)cc(C(F)F)n3n2)sc(C)c1C. The minimum atomic E-state index is -2.81. The number of carbonyl (C=O) groups is 2. The molecule has 11 heteroatoms. The van der Waals surface area contributed by atoms with Crippen molar-refractivity contribution >= 4 is 34.0 Å². The highest BCUT2D eigenvalue weighted by Gasteiger charge is 2.25. The van der Waals surface area contributed by atoms with Crippen molar-refractivity contribution in [2.45, 2.75) is 34.1 Å². The van der Waals surface area contributed by atoms with Gasteiger partial charge in [-0.15, -0.1) is 16.4 Å². The van der Waals surface area contributed by atoms with E-state index in [1.807, 2.05) is 6.92 Å². The van der Waals surface area contributed by atoms with Crippen LogP contribution in [0.2, 0.25) is 0 Å². The van der Waals surface area contributed by atoms with Crippen molar-refractivity contribution in [1.82, 2.24) is 19.6 Å². The van der Waals surface area contributed by atoms with Gasteiger partial charge in [0.1, 0.15) is 10.7 Å². The highest BCUT2D eigenvalue weighted by atomic mass is 32.1. The quantitative estimate of drug-likeness (QED) is 0.648. The van der Waals surface area contributed by atoms with Gasteiger partial charge in [0.25, 0.3) is 18.1 Å². The first-order valence-corrected chi connectivity index (χ1v) is 9.15. The zero-order valence-corrected chi connectivity index (χ0v) is 16.4. The Bertz CT molecular complexity index is 1080. The molecule has 0 saturated heterocycles. The lowest BCUT2D eigenvalue weighted by molar-refractivity contribution is 0.0527. The monoisotopic (exact) mass is 409 g/mol. The lowest BCUT2D eigenvalue weighted by Gasteiger charge is -2.05. The lowest BCUT2D eigenvalue weighted by atomic mass is 10.1. The summed E-state index contributed by atoms with van der Waals surface area (Å²) in [4.78, 5) is 33.6. The van der Waals surface area contributed by atoms with Crippen LogP contribution >= 0.6 is 11.3 Å². The molecule has 0 aliphatic heterocycles. The van der Waals surface area contributed by atoms with E-state index in [9.17, 15) is 18.4 Å². The zero-order valence-electron chi connectivity index (χ0n) is 15.5. The van der Waals surface area contributed by atoms with Gasteiger partial charge in [-0.2, -0.15) is 9.50 Å². The van der Waals surface area contributed by atoms with Crippen LogP contribution in [0.4, 0.5) is 13.8 Å². The number of carbonyl (C=O) groups excluding carboxylic acids is 2. The highest BCUT2D eigenvalue weighted by molar-refractivity contribution is 7.16. The lowest BCUT2D eigenvalue weighted by Crippen LogP contribution is -2.16. The van der Waals surface area contributed by atoms with E-state index in [0.717, 1.165) is 9.39 Å². The van der Waals surface area contributed by atoms with Gasteiger partial charge in [-0.3, -0.25) is 4.79 Å². The van der Waals surface area contributed by atoms with E-state index < -0.39 is 24.0 Å². The molecule has 0 aromatic carbocycles. The van der Waals surface area contributed by atoms with Crippen LogP contribution in [-0.2, 0) is 4.74 Å². The van der Waals surface area contributed by atoms with Crippen LogP contribution in [0, 0.1) is 20.8 Å². The largest absolute Gasteiger partial charge is 0.462 e. The molecule has 0 bridgehead atoms. The second-order valence-electron chi connectivity index (χ2n) is 5.93. The minimum Gasteiger partial charge on any atom is -0.462 e. The smallest absolute Gasteiger partial charge is 0.341 e. The Morgan fingerprint density at radius 1 is 1.29 bits per heavy atom. The Kier molecular flexibility index (Phi) is 5.36. The number of fused-ring (bicyclic) bond motifs is 1. The van der Waals surface area contributed by atoms with E-state index in [-0.39, 0.29) is 28.8 Å². The molecule has 3 aromatic heterocycles. The standard InChI is InChI=1S/C17H17F2N5O3S/c1-5-27-16(26)11-8(3)9(4)28-15(11)22-14(25)13-21-17-20-7(2)6-10(12(18)19)24(17)23-13/h6,12H,5H2,1-4H3,(H,22,25). The van der Waals surface area contributed by atoms with Gasteiger partial charge in [0, 0.05) is 10.6 Å². The van der Waals surface area contributed by atoms with Crippen LogP contribution in [0.5, 0.6) is 0 Å². The molecule has 148 valence electrons. The Morgan fingerprint density at radius 3 is 2.64 bits per heavy atom. The van der Waals surface area contributed by atoms with Crippen molar-refractivity contribution in [1.29, 1.82) is 0 Å². The summed E-state index contributed by atoms with van der Waals surface area (Å²) in [5.41, 5.74) is 0.864. The molecule has 1 amide bonds. The molecule has 8 nitrogen and oxygen atoms in total. The molecule has 0 saturated carbocycles. The first-order valence-electron chi connectivity index (χ1n) is 8.33. The molecule has 3 aromatic rings. The third kappa shape index (κ3) is 3.57. The van der Waals surface area contributed by atoms with E-state index in [4.69, 9.17) is 4.74 Å². The number of anilines is 1. The number of nitrogens with one attached hydrogen (secondary N) is 1. The van der Waals surface area contributed by atoms with Crippen LogP contribution in [0.25, 0.3) is 5.78 Å². The van der Waals surface area contributed by atoms with Crippen molar-refractivity contribution in [3.05, 3.63) is 39.3 Å². The average Bonchev–Trinajstić information content (AvgIpc) is 3.15. The number of nitrogens with zero attached hydrogens (tertiary/aromatic N) is 4. The van der Waals surface area contributed by atoms with Gasteiger partial charge in [0.2, 0.25) is 5.82 Å². The van der Waals surface area contributed by atoms with Crippen LogP contribution in [0.1, 0.15) is 56.2 Å². The Balaban J connectivity index is 1.97. The second-order valence-corrected chi connectivity index (χ2v) is 7.16. The summed E-state index contributed by atoms with van der Waals surface area (Å²) in [6, 6.07) is 1.18. The fourth-order valence-corrected chi connectivity index (χ4v) is 3.63. The molecule has 0 aliphatic rings. The van der Waals surface area contributed by atoms with Gasteiger partial charge < -0.3 is 10.1 Å². The molecule has 3 rings (SSSR count). The molecular weight excluding hydrogens is 392 g/mol. The van der Waals surface area contributed by atoms with Crippen LogP contribution in [0.15, 0.2) is 6.07 Å². The Labute approximate surface area is 162 Å². The van der Waals surface area contributed by atoms with Crippen molar-refractivity contribution in [3.63, 3.8) is 0 Å². The van der Waals surface area contributed by atoms with E-state index in [2.05, 4.69) is 20.4 Å². The van der Waals surface area contributed by atoms with Gasteiger partial charge in [0.15, 0.2) is 0 Å². The predicted molar refractivity (Wildman–Crippen MR) is 98.2 cm³/mol. The number of halogens is 2. The average molecular weight is 409 g/mol. The second kappa shape index (κ2) is 7.58. The molecular formula is C17H17F2N5O3S. The fraction of sp³-hybridized carbons (Fsp3) is 0.353. The van der Waals surface area contributed by atoms with Gasteiger partial charge in [-0.25, -0.2) is 18.6 Å². The maximum absolute atomic E-state index is 13.2. The van der Waals surface area contributed by atoms with Crippen molar-refractivity contribution in [2.75, 3.05) is 11.9 Å². The Hall–Kier alpha value is -2.95. The number of rotatable bonds is 5. The maximum Gasteiger partial charge on any atom is 0.341 e. The summed E-state index contributed by atoms with van der Waals surface area (Å²) in [7, 11) is 0. The number of aryl methyl sites for hydroxylation is 2. The zero-order chi connectivity index (χ0) is 20.6. The van der Waals surface area contributed by atoms with Crippen molar-refractivity contribution in [2.24, 2.45) is 0 Å². The van der Waals surface area contributed by atoms with E-state index >= 15 is 0 Å². The molecule has 0 radical (unpaired) electrons. The number of amides is 1. The third-order valence-electron chi connectivity index (χ3n) is 3.99. The van der Waals surface area contributed by atoms with E-state index in [1.165, 1.54) is 17.4 Å². The third-order valence-corrected chi connectivity index (χ3v) is 5.11. The number of aromatic nitrogens is 4. The number of hydrogen-bond donors (Lipinski definition) is 1. The maximum atomic E-state index is 13.2. The van der Waals surface area contributed by atoms with Crippen molar-refractivity contribution in [3.8, 4) is 0 Å². The topological polar surface area (TPSA) is 98.5 Å². The normalized spacial score (nSPS) is 11.2. The minimum absolute atomic E-state index is 0.107. The van der Waals surface area contributed by atoms with E-state index in [1.54, 1.807) is 20.8 Å². The van der Waals surface area contributed by atoms with Crippen LogP contribution in [-0.4, -0.2) is 38.1 Å². The molecule has 3 heterocycles. The first-order chi connectivity index (χ1) is 13.2. The fourth-order valence-electron chi connectivity index (χ4n) is 2.59. The van der Waals surface area contributed by atoms with Gasteiger partial charge in [-0.1, -0.05) is 0 Å². The highest BCUT2D eigenvalue weighted by Crippen LogP contribution is 2.33. The summed E-state index contributed by atoms with van der Waals surface area (Å²) in [6.07, 6.45) is -2.81. The summed E-state index contributed by atoms with van der Waals surface area (Å²) in [5.74, 6) is -1.74. The van der Waals surface area contributed by atoms with Crippen LogP contribution in [0.3, 0.4) is 0 Å². The number of alkyl halides is 2. The van der Waals surface area contributed by atoms with Gasteiger partial charge in [-0.05, 0) is 39.3 Å². The molecule has 1 N–H and O–H groups in total. The molecule has 0 aliphatic carbocycles. The number of esters is 1.